The van der Waals surface area contributed by atoms with Gasteiger partial charge in [-0.3, -0.25) is 4.79 Å². The molecule has 7 nitrogen and oxygen atoms in total. The van der Waals surface area contributed by atoms with Crippen molar-refractivity contribution in [1.29, 1.82) is 0 Å². The van der Waals surface area contributed by atoms with Gasteiger partial charge in [-0.15, -0.1) is 0 Å². The van der Waals surface area contributed by atoms with Gasteiger partial charge in [0.25, 0.3) is 0 Å². The highest BCUT2D eigenvalue weighted by Gasteiger charge is 2.16. The molecule has 1 amide bonds. The van der Waals surface area contributed by atoms with E-state index in [0.717, 1.165) is 21.2 Å². The van der Waals surface area contributed by atoms with Crippen LogP contribution in [0.15, 0.2) is 50.4 Å². The van der Waals surface area contributed by atoms with Gasteiger partial charge in [0, 0.05) is 15.4 Å². The summed E-state index contributed by atoms with van der Waals surface area (Å²) >= 11 is 3.43. The second kappa shape index (κ2) is 7.32. The first-order chi connectivity index (χ1) is 13.1. The number of nitrogens with zero attached hydrogens (tertiary/aromatic N) is 1. The molecule has 1 aliphatic rings. The van der Waals surface area contributed by atoms with Crippen LogP contribution >= 0.6 is 15.9 Å². The lowest BCUT2D eigenvalue weighted by molar-refractivity contribution is 0.0929. The third-order valence-electron chi connectivity index (χ3n) is 3.88. The van der Waals surface area contributed by atoms with Crippen LogP contribution in [0, 0.1) is 0 Å². The number of amides is 1. The lowest BCUT2D eigenvalue weighted by Crippen LogP contribution is -2.16. The maximum atomic E-state index is 12.3. The molecule has 138 valence electrons. The predicted molar refractivity (Wildman–Crippen MR) is 103 cm³/mol. The average Bonchev–Trinajstić information content (AvgIpc) is 3.28. The van der Waals surface area contributed by atoms with Gasteiger partial charge >= 0.3 is 5.91 Å². The normalized spacial score (nSPS) is 12.7. The molecule has 0 aliphatic carbocycles. The topological polar surface area (TPSA) is 82.3 Å². The molecule has 1 aliphatic heterocycles. The van der Waals surface area contributed by atoms with Gasteiger partial charge in [-0.1, -0.05) is 0 Å². The summed E-state index contributed by atoms with van der Waals surface area (Å²) in [6.45, 7) is 2.67. The van der Waals surface area contributed by atoms with Crippen molar-refractivity contribution in [2.75, 3.05) is 13.4 Å². The van der Waals surface area contributed by atoms with E-state index >= 15 is 0 Å². The van der Waals surface area contributed by atoms with Gasteiger partial charge in [0.05, 0.1) is 12.8 Å². The Kier molecular flexibility index (Phi) is 4.72. The van der Waals surface area contributed by atoms with Crippen molar-refractivity contribution in [1.82, 2.24) is 5.43 Å². The summed E-state index contributed by atoms with van der Waals surface area (Å²) in [6.07, 6.45) is 1.51. The number of benzene rings is 2. The number of nitrogens with one attached hydrogen (secondary N) is 1. The molecule has 0 saturated heterocycles. The monoisotopic (exact) mass is 430 g/mol. The average molecular weight is 431 g/mol. The molecule has 0 saturated carbocycles. The largest absolute Gasteiger partial charge is 0.494 e. The SMILES string of the molecule is CCOc1ccc2oc(C(=O)N/N=C\c3cc4c(cc3Br)OCO4)cc2c1. The Bertz CT molecular complexity index is 1040. The summed E-state index contributed by atoms with van der Waals surface area (Å²) in [5.41, 5.74) is 3.80. The number of hydrogen-bond donors (Lipinski definition) is 1. The molecular formula is C19H15BrN2O5. The number of furan rings is 1. The zero-order chi connectivity index (χ0) is 18.8. The quantitative estimate of drug-likeness (QED) is 0.486. The molecule has 0 bridgehead atoms. The fourth-order valence-corrected chi connectivity index (χ4v) is 3.06. The van der Waals surface area contributed by atoms with Gasteiger partial charge in [0.2, 0.25) is 6.79 Å². The van der Waals surface area contributed by atoms with Crippen LogP contribution in [-0.4, -0.2) is 25.5 Å². The van der Waals surface area contributed by atoms with Crippen LogP contribution in [0.3, 0.4) is 0 Å². The first kappa shape index (κ1) is 17.4. The van der Waals surface area contributed by atoms with Crippen LogP contribution in [0.25, 0.3) is 11.0 Å². The van der Waals surface area contributed by atoms with Crippen LogP contribution in [-0.2, 0) is 0 Å². The maximum absolute atomic E-state index is 12.3. The first-order valence-corrected chi connectivity index (χ1v) is 9.02. The smallest absolute Gasteiger partial charge is 0.307 e. The summed E-state index contributed by atoms with van der Waals surface area (Å²) in [4.78, 5) is 12.3. The second-order valence-electron chi connectivity index (χ2n) is 5.67. The van der Waals surface area contributed by atoms with Crippen molar-refractivity contribution < 1.29 is 23.4 Å². The van der Waals surface area contributed by atoms with Crippen molar-refractivity contribution >= 4 is 39.0 Å². The lowest BCUT2D eigenvalue weighted by atomic mass is 10.2. The zero-order valence-electron chi connectivity index (χ0n) is 14.3. The highest BCUT2D eigenvalue weighted by molar-refractivity contribution is 9.10. The number of carbonyl (C=O) groups excluding carboxylic acids is 1. The van der Waals surface area contributed by atoms with Gasteiger partial charge in [0.1, 0.15) is 11.3 Å². The Morgan fingerprint density at radius 2 is 2.07 bits per heavy atom. The Balaban J connectivity index is 1.48. The lowest BCUT2D eigenvalue weighted by Gasteiger charge is -2.01. The molecule has 0 spiro atoms. The van der Waals surface area contributed by atoms with Crippen molar-refractivity contribution in [3.05, 3.63) is 52.2 Å². The van der Waals surface area contributed by atoms with E-state index in [-0.39, 0.29) is 12.6 Å². The van der Waals surface area contributed by atoms with Crippen molar-refractivity contribution in [3.8, 4) is 17.2 Å². The number of hydrogen-bond acceptors (Lipinski definition) is 6. The fraction of sp³-hybridized carbons (Fsp3) is 0.158. The molecule has 1 N–H and O–H groups in total. The highest BCUT2D eigenvalue weighted by atomic mass is 79.9. The summed E-state index contributed by atoms with van der Waals surface area (Å²) in [5, 5.41) is 4.77. The van der Waals surface area contributed by atoms with Gasteiger partial charge in [-0.2, -0.15) is 5.10 Å². The minimum absolute atomic E-state index is 0.167. The van der Waals surface area contributed by atoms with Crippen LogP contribution in [0.1, 0.15) is 23.0 Å². The molecule has 0 unspecified atom stereocenters. The van der Waals surface area contributed by atoms with E-state index in [0.29, 0.717) is 23.7 Å². The van der Waals surface area contributed by atoms with Crippen molar-refractivity contribution in [2.24, 2.45) is 5.10 Å². The van der Waals surface area contributed by atoms with E-state index in [1.165, 1.54) is 6.21 Å². The summed E-state index contributed by atoms with van der Waals surface area (Å²) < 4.78 is 22.4. The number of rotatable bonds is 5. The van der Waals surface area contributed by atoms with Crippen LogP contribution < -0.4 is 19.6 Å². The number of carbonyl (C=O) groups is 1. The summed E-state index contributed by atoms with van der Waals surface area (Å²) in [5.74, 6) is 1.74. The number of ether oxygens (including phenoxy) is 3. The molecule has 3 aromatic rings. The number of hydrazone groups is 1. The van der Waals surface area contributed by atoms with Gasteiger partial charge in [-0.05, 0) is 59.3 Å². The number of halogens is 1. The summed E-state index contributed by atoms with van der Waals surface area (Å²) in [6, 6.07) is 10.6. The molecule has 0 fully saturated rings. The molecule has 1 aromatic heterocycles. The third kappa shape index (κ3) is 3.61. The van der Waals surface area contributed by atoms with E-state index in [2.05, 4.69) is 26.5 Å². The standard InChI is InChI=1S/C19H15BrN2O5/c1-2-24-13-3-4-15-11(5-13)6-18(27-15)19(23)22-21-9-12-7-16-17(8-14(12)20)26-10-25-16/h3-9H,2,10H2,1H3,(H,22,23)/b21-9-. The molecule has 8 heteroatoms. The third-order valence-corrected chi connectivity index (χ3v) is 4.57. The van der Waals surface area contributed by atoms with Crippen LogP contribution in [0.2, 0.25) is 0 Å². The van der Waals surface area contributed by atoms with E-state index in [1.54, 1.807) is 30.3 Å². The maximum Gasteiger partial charge on any atom is 0.307 e. The Morgan fingerprint density at radius 1 is 1.26 bits per heavy atom. The Labute approximate surface area is 163 Å². The molecule has 4 rings (SSSR count). The zero-order valence-corrected chi connectivity index (χ0v) is 15.9. The molecule has 2 aromatic carbocycles. The van der Waals surface area contributed by atoms with E-state index in [1.807, 2.05) is 13.0 Å². The minimum atomic E-state index is -0.447. The fourth-order valence-electron chi connectivity index (χ4n) is 2.64. The minimum Gasteiger partial charge on any atom is -0.494 e. The van der Waals surface area contributed by atoms with Crippen molar-refractivity contribution in [2.45, 2.75) is 6.92 Å². The molecule has 0 radical (unpaired) electrons. The second-order valence-corrected chi connectivity index (χ2v) is 6.52. The number of fused-ring (bicyclic) bond motifs is 2. The Hall–Kier alpha value is -3.00. The van der Waals surface area contributed by atoms with Crippen LogP contribution in [0.4, 0.5) is 0 Å². The van der Waals surface area contributed by atoms with E-state index in [9.17, 15) is 4.79 Å². The van der Waals surface area contributed by atoms with Gasteiger partial charge < -0.3 is 18.6 Å². The molecule has 27 heavy (non-hydrogen) atoms. The molecule has 2 heterocycles. The first-order valence-electron chi connectivity index (χ1n) is 8.23. The van der Waals surface area contributed by atoms with Crippen molar-refractivity contribution in [3.63, 3.8) is 0 Å². The van der Waals surface area contributed by atoms with E-state index < -0.39 is 5.91 Å². The molecule has 0 atom stereocenters. The van der Waals surface area contributed by atoms with Gasteiger partial charge in [0.15, 0.2) is 17.3 Å². The van der Waals surface area contributed by atoms with Gasteiger partial charge in [-0.25, -0.2) is 5.43 Å². The Morgan fingerprint density at radius 3 is 2.89 bits per heavy atom. The predicted octanol–water partition coefficient (Wildman–Crippen LogP) is 4.09. The molecular weight excluding hydrogens is 416 g/mol. The highest BCUT2D eigenvalue weighted by Crippen LogP contribution is 2.36. The van der Waals surface area contributed by atoms with E-state index in [4.69, 9.17) is 18.6 Å². The van der Waals surface area contributed by atoms with Crippen LogP contribution in [0.5, 0.6) is 17.2 Å². The summed E-state index contributed by atoms with van der Waals surface area (Å²) in [7, 11) is 0.